The second-order valence-corrected chi connectivity index (χ2v) is 4.53. The number of methoxy groups -OCH3 is 1. The smallest absolute Gasteiger partial charge is 0.134 e. The summed E-state index contributed by atoms with van der Waals surface area (Å²) in [5.74, 6) is 2.46. The second kappa shape index (κ2) is 5.21. The number of aryl methyl sites for hydroxylation is 1. The Morgan fingerprint density at radius 3 is 2.90 bits per heavy atom. The van der Waals surface area contributed by atoms with Crippen LogP contribution in [-0.2, 0) is 6.54 Å². The number of anilines is 1. The second-order valence-electron chi connectivity index (χ2n) is 4.53. The fourth-order valence-electron chi connectivity index (χ4n) is 2.10. The SMILES string of the molecule is COc1ccc2c(NCc3cc(C)on3)nccc2c1. The topological polar surface area (TPSA) is 60.2 Å². The van der Waals surface area contributed by atoms with Crippen LogP contribution in [0.4, 0.5) is 5.82 Å². The van der Waals surface area contributed by atoms with Crippen molar-refractivity contribution in [3.63, 3.8) is 0 Å². The van der Waals surface area contributed by atoms with Crippen molar-refractivity contribution in [2.45, 2.75) is 13.5 Å². The zero-order valence-corrected chi connectivity index (χ0v) is 11.4. The molecule has 1 N–H and O–H groups in total. The highest BCUT2D eigenvalue weighted by atomic mass is 16.5. The normalized spacial score (nSPS) is 10.7. The van der Waals surface area contributed by atoms with Crippen LogP contribution in [-0.4, -0.2) is 17.3 Å². The van der Waals surface area contributed by atoms with E-state index in [1.807, 2.05) is 37.3 Å². The molecule has 0 aliphatic heterocycles. The summed E-state index contributed by atoms with van der Waals surface area (Å²) in [4.78, 5) is 4.37. The lowest BCUT2D eigenvalue weighted by atomic mass is 10.1. The first-order valence-corrected chi connectivity index (χ1v) is 6.35. The van der Waals surface area contributed by atoms with Crippen molar-refractivity contribution >= 4 is 16.6 Å². The number of hydrogen-bond donors (Lipinski definition) is 1. The molecule has 0 unspecified atom stereocenters. The molecule has 0 fully saturated rings. The van der Waals surface area contributed by atoms with Crippen LogP contribution in [0.2, 0.25) is 0 Å². The van der Waals surface area contributed by atoms with Crippen molar-refractivity contribution in [3.05, 3.63) is 48.0 Å². The van der Waals surface area contributed by atoms with Gasteiger partial charge in [-0.05, 0) is 36.6 Å². The Hall–Kier alpha value is -2.56. The zero-order valence-electron chi connectivity index (χ0n) is 11.4. The molecule has 0 saturated carbocycles. The van der Waals surface area contributed by atoms with Gasteiger partial charge in [0.1, 0.15) is 23.0 Å². The van der Waals surface area contributed by atoms with Gasteiger partial charge in [0, 0.05) is 17.6 Å². The first-order valence-electron chi connectivity index (χ1n) is 6.35. The molecule has 1 aromatic carbocycles. The molecule has 0 saturated heterocycles. The van der Waals surface area contributed by atoms with Gasteiger partial charge in [0.15, 0.2) is 0 Å². The number of pyridine rings is 1. The van der Waals surface area contributed by atoms with Gasteiger partial charge in [-0.1, -0.05) is 5.16 Å². The van der Waals surface area contributed by atoms with Gasteiger partial charge in [0.2, 0.25) is 0 Å². The van der Waals surface area contributed by atoms with E-state index in [0.717, 1.165) is 33.8 Å². The summed E-state index contributed by atoms with van der Waals surface area (Å²) in [6.45, 7) is 2.45. The van der Waals surface area contributed by atoms with E-state index in [9.17, 15) is 0 Å². The number of ether oxygens (including phenoxy) is 1. The van der Waals surface area contributed by atoms with Crippen molar-refractivity contribution in [2.24, 2.45) is 0 Å². The lowest BCUT2D eigenvalue weighted by Gasteiger charge is -2.08. The summed E-state index contributed by atoms with van der Waals surface area (Å²) >= 11 is 0. The Balaban J connectivity index is 1.87. The van der Waals surface area contributed by atoms with Gasteiger partial charge in [0.25, 0.3) is 0 Å². The van der Waals surface area contributed by atoms with E-state index >= 15 is 0 Å². The first-order chi connectivity index (χ1) is 9.76. The molecule has 0 spiro atoms. The van der Waals surface area contributed by atoms with Gasteiger partial charge in [0.05, 0.1) is 13.7 Å². The van der Waals surface area contributed by atoms with E-state index in [-0.39, 0.29) is 0 Å². The summed E-state index contributed by atoms with van der Waals surface area (Å²) in [7, 11) is 1.66. The molecule has 5 nitrogen and oxygen atoms in total. The largest absolute Gasteiger partial charge is 0.497 e. The molecule has 0 atom stereocenters. The third-order valence-corrected chi connectivity index (χ3v) is 3.09. The van der Waals surface area contributed by atoms with Crippen LogP contribution in [0.3, 0.4) is 0 Å². The van der Waals surface area contributed by atoms with Gasteiger partial charge in [-0.3, -0.25) is 0 Å². The number of rotatable bonds is 4. The van der Waals surface area contributed by atoms with E-state index in [1.165, 1.54) is 0 Å². The summed E-state index contributed by atoms with van der Waals surface area (Å²) in [6, 6.07) is 9.78. The zero-order chi connectivity index (χ0) is 13.9. The quantitative estimate of drug-likeness (QED) is 0.788. The number of nitrogens with zero attached hydrogens (tertiary/aromatic N) is 2. The molecule has 2 aromatic heterocycles. The van der Waals surface area contributed by atoms with Crippen molar-refractivity contribution in [3.8, 4) is 5.75 Å². The summed E-state index contributed by atoms with van der Waals surface area (Å²) in [5.41, 5.74) is 0.856. The number of fused-ring (bicyclic) bond motifs is 1. The van der Waals surface area contributed by atoms with Crippen molar-refractivity contribution in [2.75, 3.05) is 12.4 Å². The third kappa shape index (κ3) is 2.42. The molecule has 0 aliphatic rings. The monoisotopic (exact) mass is 269 g/mol. The Bertz CT molecular complexity index is 737. The predicted molar refractivity (Wildman–Crippen MR) is 76.9 cm³/mol. The van der Waals surface area contributed by atoms with E-state index in [0.29, 0.717) is 6.54 Å². The highest BCUT2D eigenvalue weighted by molar-refractivity contribution is 5.92. The molecule has 0 bridgehead atoms. The van der Waals surface area contributed by atoms with Crippen LogP contribution >= 0.6 is 0 Å². The van der Waals surface area contributed by atoms with Crippen LogP contribution in [0.15, 0.2) is 41.1 Å². The van der Waals surface area contributed by atoms with Crippen LogP contribution in [0.1, 0.15) is 11.5 Å². The Morgan fingerprint density at radius 2 is 2.15 bits per heavy atom. The minimum Gasteiger partial charge on any atom is -0.497 e. The first kappa shape index (κ1) is 12.5. The van der Waals surface area contributed by atoms with Gasteiger partial charge < -0.3 is 14.6 Å². The Kier molecular flexibility index (Phi) is 3.25. The maximum Gasteiger partial charge on any atom is 0.134 e. The molecule has 3 rings (SSSR count). The molecule has 20 heavy (non-hydrogen) atoms. The highest BCUT2D eigenvalue weighted by Gasteiger charge is 2.05. The van der Waals surface area contributed by atoms with Crippen LogP contribution in [0.25, 0.3) is 10.8 Å². The van der Waals surface area contributed by atoms with Gasteiger partial charge in [-0.15, -0.1) is 0 Å². The molecular formula is C15H15N3O2. The van der Waals surface area contributed by atoms with Crippen LogP contribution in [0.5, 0.6) is 5.75 Å². The molecule has 2 heterocycles. The van der Waals surface area contributed by atoms with E-state index in [4.69, 9.17) is 9.26 Å². The number of benzene rings is 1. The standard InChI is InChI=1S/C15H15N3O2/c1-10-7-12(18-20-10)9-17-15-14-4-3-13(19-2)8-11(14)5-6-16-15/h3-8H,9H2,1-2H3,(H,16,17). The maximum absolute atomic E-state index is 5.23. The van der Waals surface area contributed by atoms with Crippen molar-refractivity contribution in [1.29, 1.82) is 0 Å². The van der Waals surface area contributed by atoms with Gasteiger partial charge >= 0.3 is 0 Å². The lowest BCUT2D eigenvalue weighted by Crippen LogP contribution is -2.02. The summed E-state index contributed by atoms with van der Waals surface area (Å²) in [6.07, 6.45) is 1.78. The van der Waals surface area contributed by atoms with Crippen molar-refractivity contribution < 1.29 is 9.26 Å². The van der Waals surface area contributed by atoms with Crippen molar-refractivity contribution in [1.82, 2.24) is 10.1 Å². The molecule has 0 aliphatic carbocycles. The average molecular weight is 269 g/mol. The third-order valence-electron chi connectivity index (χ3n) is 3.09. The van der Waals surface area contributed by atoms with Crippen LogP contribution in [0, 0.1) is 6.92 Å². The average Bonchev–Trinajstić information content (AvgIpc) is 2.90. The fourth-order valence-corrected chi connectivity index (χ4v) is 2.10. The summed E-state index contributed by atoms with van der Waals surface area (Å²) < 4.78 is 10.3. The molecule has 0 amide bonds. The molecule has 3 aromatic rings. The van der Waals surface area contributed by atoms with Gasteiger partial charge in [-0.2, -0.15) is 0 Å². The Morgan fingerprint density at radius 1 is 1.25 bits per heavy atom. The highest BCUT2D eigenvalue weighted by Crippen LogP contribution is 2.25. The lowest BCUT2D eigenvalue weighted by molar-refractivity contribution is 0.391. The molecule has 102 valence electrons. The van der Waals surface area contributed by atoms with Gasteiger partial charge in [-0.25, -0.2) is 4.98 Å². The Labute approximate surface area is 116 Å². The number of nitrogens with one attached hydrogen (secondary N) is 1. The van der Waals surface area contributed by atoms with E-state index in [1.54, 1.807) is 13.3 Å². The predicted octanol–water partition coefficient (Wildman–Crippen LogP) is 3.15. The molecule has 0 radical (unpaired) electrons. The number of hydrogen-bond acceptors (Lipinski definition) is 5. The number of aromatic nitrogens is 2. The minimum absolute atomic E-state index is 0.579. The fraction of sp³-hybridized carbons (Fsp3) is 0.200. The maximum atomic E-state index is 5.23. The minimum atomic E-state index is 0.579. The molecule has 5 heteroatoms. The summed E-state index contributed by atoms with van der Waals surface area (Å²) in [5, 5.41) is 9.36. The van der Waals surface area contributed by atoms with E-state index in [2.05, 4.69) is 15.5 Å². The van der Waals surface area contributed by atoms with E-state index < -0.39 is 0 Å². The molecular weight excluding hydrogens is 254 g/mol. The van der Waals surface area contributed by atoms with Crippen LogP contribution < -0.4 is 10.1 Å².